The van der Waals surface area contributed by atoms with Gasteiger partial charge in [0, 0.05) is 13.7 Å². The van der Waals surface area contributed by atoms with Crippen LogP contribution in [-0.4, -0.2) is 30.3 Å². The van der Waals surface area contributed by atoms with E-state index in [0.717, 1.165) is 7.11 Å². The van der Waals surface area contributed by atoms with E-state index in [2.05, 4.69) is 9.15 Å². The van der Waals surface area contributed by atoms with Crippen LogP contribution in [0.2, 0.25) is 0 Å². The highest BCUT2D eigenvalue weighted by atomic mass is 31.2. The molecule has 0 aliphatic rings. The first-order chi connectivity index (χ1) is 4.62. The smallest absolute Gasteiger partial charge is 0.395 e. The van der Waals surface area contributed by atoms with E-state index in [-0.39, 0.29) is 13.2 Å². The number of hydrogen-bond donors (Lipinski definition) is 3. The third-order valence-corrected chi connectivity index (χ3v) is 1.45. The number of hydroxylamine groups is 1. The fraction of sp³-hybridized carbons (Fsp3) is 1.00. The maximum absolute atomic E-state index is 10.4. The van der Waals surface area contributed by atoms with Gasteiger partial charge in [-0.2, -0.15) is 10.1 Å². The lowest BCUT2D eigenvalue weighted by Gasteiger charge is -2.07. The van der Waals surface area contributed by atoms with Gasteiger partial charge in [0.15, 0.2) is 0 Å². The summed E-state index contributed by atoms with van der Waals surface area (Å²) in [6, 6.07) is 0. The van der Waals surface area contributed by atoms with Crippen LogP contribution in [0.1, 0.15) is 0 Å². The van der Waals surface area contributed by atoms with Gasteiger partial charge in [0.2, 0.25) is 0 Å². The molecule has 0 aliphatic heterocycles. The van der Waals surface area contributed by atoms with Crippen LogP contribution >= 0.6 is 7.82 Å². The number of aliphatic hydroxyl groups excluding tert-OH is 1. The van der Waals surface area contributed by atoms with Crippen LogP contribution in [-0.2, 0) is 13.7 Å². The van der Waals surface area contributed by atoms with Gasteiger partial charge in [-0.05, 0) is 0 Å². The molecule has 0 spiro atoms. The molecular weight excluding hydrogens is 161 g/mol. The molecule has 1 atom stereocenters. The van der Waals surface area contributed by atoms with E-state index in [1.54, 1.807) is 0 Å². The van der Waals surface area contributed by atoms with Crippen LogP contribution in [0.4, 0.5) is 0 Å². The van der Waals surface area contributed by atoms with Gasteiger partial charge in [0.1, 0.15) is 0 Å². The first-order valence-corrected chi connectivity index (χ1v) is 4.03. The number of nitrogens with one attached hydrogen (secondary N) is 1. The van der Waals surface area contributed by atoms with Gasteiger partial charge in [-0.25, -0.2) is 4.57 Å². The number of rotatable bonds is 5. The maximum Gasteiger partial charge on any atom is 0.488 e. The molecular formula is C3H10NO5P. The summed E-state index contributed by atoms with van der Waals surface area (Å²) in [6.07, 6.45) is 0. The molecule has 1 unspecified atom stereocenters. The Morgan fingerprint density at radius 2 is 2.30 bits per heavy atom. The second-order valence-corrected chi connectivity index (χ2v) is 2.85. The molecule has 0 aromatic heterocycles. The molecule has 62 valence electrons. The number of phosphoric ester groups is 1. The van der Waals surface area contributed by atoms with Crippen molar-refractivity contribution in [2.24, 2.45) is 0 Å². The Morgan fingerprint density at radius 1 is 1.70 bits per heavy atom. The van der Waals surface area contributed by atoms with Crippen molar-refractivity contribution >= 4 is 7.82 Å². The highest BCUT2D eigenvalue weighted by molar-refractivity contribution is 7.47. The normalized spacial score (nSPS) is 16.7. The molecule has 0 radical (unpaired) electrons. The summed E-state index contributed by atoms with van der Waals surface area (Å²) in [5.41, 5.74) is 2.04. The monoisotopic (exact) mass is 171 g/mol. The summed E-state index contributed by atoms with van der Waals surface area (Å²) in [6.45, 7) is -0.0996. The van der Waals surface area contributed by atoms with Crippen LogP contribution < -0.4 is 5.48 Å². The third kappa shape index (κ3) is 4.87. The predicted octanol–water partition coefficient (Wildman–Crippen LogP) is -0.753. The molecule has 0 aliphatic carbocycles. The maximum atomic E-state index is 10.4. The molecule has 3 N–H and O–H groups in total. The van der Waals surface area contributed by atoms with Gasteiger partial charge in [0.25, 0.3) is 0 Å². The van der Waals surface area contributed by atoms with E-state index >= 15 is 0 Å². The molecule has 0 aromatic carbocycles. The topological polar surface area (TPSA) is 88.0 Å². The zero-order valence-corrected chi connectivity index (χ0v) is 6.38. The minimum Gasteiger partial charge on any atom is -0.395 e. The SMILES string of the molecule is COP(=O)(O)ONCCO. The van der Waals surface area contributed by atoms with E-state index in [9.17, 15) is 4.57 Å². The molecule has 0 aromatic rings. The quantitative estimate of drug-likeness (QED) is 0.286. The molecule has 0 amide bonds. The Labute approximate surface area is 58.3 Å². The minimum atomic E-state index is -3.93. The second-order valence-electron chi connectivity index (χ2n) is 1.36. The van der Waals surface area contributed by atoms with E-state index in [0.29, 0.717) is 0 Å². The largest absolute Gasteiger partial charge is 0.488 e. The third-order valence-electron chi connectivity index (χ3n) is 0.624. The van der Waals surface area contributed by atoms with Crippen LogP contribution in [0, 0.1) is 0 Å². The van der Waals surface area contributed by atoms with Gasteiger partial charge < -0.3 is 10.00 Å². The fourth-order valence-electron chi connectivity index (χ4n) is 0.210. The van der Waals surface area contributed by atoms with Crippen molar-refractivity contribution in [3.05, 3.63) is 0 Å². The number of hydrogen-bond acceptors (Lipinski definition) is 5. The lowest BCUT2D eigenvalue weighted by Crippen LogP contribution is -2.17. The van der Waals surface area contributed by atoms with Gasteiger partial charge in [-0.3, -0.25) is 4.52 Å². The molecule has 7 heteroatoms. The molecule has 0 rings (SSSR count). The molecule has 0 heterocycles. The zero-order valence-electron chi connectivity index (χ0n) is 5.48. The summed E-state index contributed by atoms with van der Waals surface area (Å²) >= 11 is 0. The van der Waals surface area contributed by atoms with Gasteiger partial charge in [-0.1, -0.05) is 0 Å². The zero-order chi connectivity index (χ0) is 8.04. The molecule has 0 saturated carbocycles. The highest BCUT2D eigenvalue weighted by Crippen LogP contribution is 2.40. The van der Waals surface area contributed by atoms with E-state index in [1.807, 2.05) is 5.48 Å². The summed E-state index contributed by atoms with van der Waals surface area (Å²) in [4.78, 5) is 8.52. The molecule has 6 nitrogen and oxygen atoms in total. The Balaban J connectivity index is 3.38. The Morgan fingerprint density at radius 3 is 2.70 bits per heavy atom. The van der Waals surface area contributed by atoms with Gasteiger partial charge in [-0.15, -0.1) is 0 Å². The van der Waals surface area contributed by atoms with Crippen molar-refractivity contribution < 1.29 is 23.7 Å². The number of aliphatic hydroxyl groups is 1. The van der Waals surface area contributed by atoms with E-state index in [1.165, 1.54) is 0 Å². The first-order valence-electron chi connectivity index (χ1n) is 2.53. The second kappa shape index (κ2) is 4.79. The van der Waals surface area contributed by atoms with Crippen LogP contribution in [0.5, 0.6) is 0 Å². The predicted molar refractivity (Wildman–Crippen MR) is 33.0 cm³/mol. The Bertz CT molecular complexity index is 128. The van der Waals surface area contributed by atoms with Crippen LogP contribution in [0.25, 0.3) is 0 Å². The lowest BCUT2D eigenvalue weighted by molar-refractivity contribution is 0.0995. The fourth-order valence-corrected chi connectivity index (χ4v) is 0.539. The van der Waals surface area contributed by atoms with Crippen molar-refractivity contribution in [1.29, 1.82) is 0 Å². The van der Waals surface area contributed by atoms with Crippen molar-refractivity contribution in [3.8, 4) is 0 Å². The van der Waals surface area contributed by atoms with E-state index < -0.39 is 7.82 Å². The standard InChI is InChI=1S/C3H10NO5P/c1-8-10(6,7)9-4-2-3-5/h4-5H,2-3H2,1H3,(H,6,7). The van der Waals surface area contributed by atoms with Gasteiger partial charge >= 0.3 is 7.82 Å². The lowest BCUT2D eigenvalue weighted by atomic mass is 10.8. The summed E-state index contributed by atoms with van der Waals surface area (Å²) in [7, 11) is -2.88. The number of phosphoric acid groups is 1. The van der Waals surface area contributed by atoms with Crippen molar-refractivity contribution in [2.45, 2.75) is 0 Å². The van der Waals surface area contributed by atoms with Crippen molar-refractivity contribution in [3.63, 3.8) is 0 Å². The minimum absolute atomic E-state index is 0.0773. The average molecular weight is 171 g/mol. The van der Waals surface area contributed by atoms with Crippen molar-refractivity contribution in [1.82, 2.24) is 5.48 Å². The summed E-state index contributed by atoms with van der Waals surface area (Å²) in [5.74, 6) is 0. The molecule has 10 heavy (non-hydrogen) atoms. The first kappa shape index (κ1) is 10.0. The molecule has 0 saturated heterocycles. The Hall–Kier alpha value is 0.0300. The van der Waals surface area contributed by atoms with Crippen molar-refractivity contribution in [2.75, 3.05) is 20.3 Å². The van der Waals surface area contributed by atoms with Gasteiger partial charge in [0.05, 0.1) is 6.61 Å². The molecule has 0 fully saturated rings. The summed E-state index contributed by atoms with van der Waals surface area (Å²) in [5, 5.41) is 8.18. The average Bonchev–Trinajstić information content (AvgIpc) is 1.89. The highest BCUT2D eigenvalue weighted by Gasteiger charge is 2.17. The van der Waals surface area contributed by atoms with Crippen LogP contribution in [0.3, 0.4) is 0 Å². The van der Waals surface area contributed by atoms with E-state index in [4.69, 9.17) is 10.00 Å². The van der Waals surface area contributed by atoms with Crippen LogP contribution in [0.15, 0.2) is 0 Å². The summed E-state index contributed by atoms with van der Waals surface area (Å²) < 4.78 is 18.6. The molecule has 0 bridgehead atoms. The Kier molecular flexibility index (Phi) is 4.80.